The number of rotatable bonds is 9. The molecule has 2 heterocycles. The van der Waals surface area contributed by atoms with Crippen LogP contribution in [0.4, 0.5) is 0 Å². The summed E-state index contributed by atoms with van der Waals surface area (Å²) >= 11 is 0. The molecule has 0 spiro atoms. The van der Waals surface area contributed by atoms with Crippen molar-refractivity contribution < 1.29 is 19.1 Å². The minimum Gasteiger partial charge on any atom is -0.457 e. The fourth-order valence-corrected chi connectivity index (χ4v) is 5.62. The third-order valence-corrected chi connectivity index (χ3v) is 7.59. The van der Waals surface area contributed by atoms with Crippen LogP contribution in [0.2, 0.25) is 0 Å². The maximum absolute atomic E-state index is 13.2. The Labute approximate surface area is 234 Å². The number of unbranched alkanes of at least 4 members (excludes halogenated alkanes) is 3. The molecule has 6 heteroatoms. The van der Waals surface area contributed by atoms with E-state index in [-0.39, 0.29) is 23.7 Å². The Morgan fingerprint density at radius 1 is 0.475 bits per heavy atom. The van der Waals surface area contributed by atoms with Gasteiger partial charge in [-0.25, -0.2) is 0 Å². The summed E-state index contributed by atoms with van der Waals surface area (Å²) in [5.74, 6) is 2.16. The molecule has 202 valence electrons. The van der Waals surface area contributed by atoms with Gasteiger partial charge in [0.1, 0.15) is 23.0 Å². The van der Waals surface area contributed by atoms with Crippen molar-refractivity contribution in [2.75, 3.05) is 13.1 Å². The third kappa shape index (κ3) is 5.17. The second-order valence-electron chi connectivity index (χ2n) is 10.2. The molecule has 6 nitrogen and oxygen atoms in total. The summed E-state index contributed by atoms with van der Waals surface area (Å²) in [5.41, 5.74) is 3.57. The van der Waals surface area contributed by atoms with Crippen LogP contribution < -0.4 is 20.1 Å². The largest absolute Gasteiger partial charge is 0.457 e. The molecule has 40 heavy (non-hydrogen) atoms. The van der Waals surface area contributed by atoms with Crippen LogP contribution in [0.1, 0.15) is 59.8 Å². The van der Waals surface area contributed by atoms with E-state index >= 15 is 0 Å². The van der Waals surface area contributed by atoms with Gasteiger partial charge in [0.05, 0.1) is 11.8 Å². The van der Waals surface area contributed by atoms with Gasteiger partial charge >= 0.3 is 0 Å². The number of carbonyl (C=O) groups excluding carboxylic acids is 2. The molecule has 0 saturated heterocycles. The first-order valence-electron chi connectivity index (χ1n) is 14.0. The average Bonchev–Trinajstić information content (AvgIpc) is 2.99. The second kappa shape index (κ2) is 11.7. The van der Waals surface area contributed by atoms with E-state index in [1.54, 1.807) is 0 Å². The van der Waals surface area contributed by atoms with Crippen molar-refractivity contribution in [2.45, 2.75) is 37.5 Å². The molecule has 0 aliphatic carbocycles. The monoisotopic (exact) mass is 532 g/mol. The number of amides is 2. The molecule has 2 N–H and O–H groups in total. The minimum absolute atomic E-state index is 0.00696. The SMILES string of the molecule is O=C(NCCCCCCNC(=O)C1c2ccccc2Oc2ccccc21)C1c2ccccc2Oc2ccccc21. The second-order valence-corrected chi connectivity index (χ2v) is 10.2. The zero-order chi connectivity index (χ0) is 27.3. The highest BCUT2D eigenvalue weighted by Crippen LogP contribution is 2.45. The Kier molecular flexibility index (Phi) is 7.49. The van der Waals surface area contributed by atoms with Crippen LogP contribution in [0, 0.1) is 0 Å². The van der Waals surface area contributed by atoms with Gasteiger partial charge < -0.3 is 20.1 Å². The maximum Gasteiger partial charge on any atom is 0.232 e. The first-order chi connectivity index (χ1) is 19.7. The first-order valence-corrected chi connectivity index (χ1v) is 14.0. The van der Waals surface area contributed by atoms with Gasteiger partial charge in [-0.3, -0.25) is 9.59 Å². The fraction of sp³-hybridized carbons (Fsp3) is 0.235. The van der Waals surface area contributed by atoms with Gasteiger partial charge in [0.15, 0.2) is 0 Å². The lowest BCUT2D eigenvalue weighted by molar-refractivity contribution is -0.122. The Bertz CT molecular complexity index is 1330. The van der Waals surface area contributed by atoms with Crippen molar-refractivity contribution >= 4 is 11.8 Å². The molecule has 0 bridgehead atoms. The normalized spacial score (nSPS) is 13.5. The van der Waals surface area contributed by atoms with Crippen LogP contribution in [0.5, 0.6) is 23.0 Å². The van der Waals surface area contributed by atoms with E-state index in [0.717, 1.165) is 70.9 Å². The van der Waals surface area contributed by atoms with Crippen LogP contribution >= 0.6 is 0 Å². The molecule has 2 amide bonds. The van der Waals surface area contributed by atoms with Gasteiger partial charge in [0.2, 0.25) is 11.8 Å². The molecular weight excluding hydrogens is 500 g/mol. The first kappa shape index (κ1) is 25.7. The third-order valence-electron chi connectivity index (χ3n) is 7.59. The summed E-state index contributed by atoms with van der Waals surface area (Å²) in [5, 5.41) is 6.26. The topological polar surface area (TPSA) is 76.7 Å². The van der Waals surface area contributed by atoms with Crippen molar-refractivity contribution in [3.05, 3.63) is 119 Å². The molecule has 2 aliphatic rings. The number of para-hydroxylation sites is 4. The van der Waals surface area contributed by atoms with Crippen LogP contribution in [0.25, 0.3) is 0 Å². The standard InChI is InChI=1S/C34H32N2O4/c37-33(31-23-13-3-7-17-27(23)39-28-18-8-4-14-24(28)31)35-21-11-1-2-12-22-36-34(38)32-25-15-5-9-19-29(25)40-30-20-10-6-16-26(30)32/h3-10,13-20,31-32H,1-2,11-12,21-22H2,(H,35,37)(H,36,38). The highest BCUT2D eigenvalue weighted by atomic mass is 16.5. The number of carbonyl (C=O) groups is 2. The van der Waals surface area contributed by atoms with E-state index in [2.05, 4.69) is 10.6 Å². The van der Waals surface area contributed by atoms with Crippen molar-refractivity contribution in [1.29, 1.82) is 0 Å². The Morgan fingerprint density at radius 3 is 1.10 bits per heavy atom. The molecule has 6 rings (SSSR count). The van der Waals surface area contributed by atoms with E-state index in [4.69, 9.17) is 9.47 Å². The summed E-state index contributed by atoms with van der Waals surface area (Å²) in [6, 6.07) is 30.9. The van der Waals surface area contributed by atoms with Gasteiger partial charge in [-0.15, -0.1) is 0 Å². The summed E-state index contributed by atoms with van der Waals surface area (Å²) < 4.78 is 12.0. The van der Waals surface area contributed by atoms with Gasteiger partial charge in [-0.2, -0.15) is 0 Å². The number of fused-ring (bicyclic) bond motifs is 4. The van der Waals surface area contributed by atoms with Crippen LogP contribution in [0.15, 0.2) is 97.1 Å². The lowest BCUT2D eigenvalue weighted by Gasteiger charge is -2.27. The van der Waals surface area contributed by atoms with E-state index in [0.29, 0.717) is 13.1 Å². The van der Waals surface area contributed by atoms with Gasteiger partial charge in [-0.05, 0) is 37.1 Å². The summed E-state index contributed by atoms with van der Waals surface area (Å²) in [4.78, 5) is 26.5. The summed E-state index contributed by atoms with van der Waals surface area (Å²) in [6.07, 6.45) is 3.71. The fourth-order valence-electron chi connectivity index (χ4n) is 5.62. The molecule has 0 saturated carbocycles. The molecule has 0 aromatic heterocycles. The zero-order valence-electron chi connectivity index (χ0n) is 22.3. The lowest BCUT2D eigenvalue weighted by atomic mass is 9.87. The molecule has 0 radical (unpaired) electrons. The van der Waals surface area contributed by atoms with Crippen molar-refractivity contribution in [2.24, 2.45) is 0 Å². The van der Waals surface area contributed by atoms with E-state index < -0.39 is 0 Å². The number of hydrogen-bond acceptors (Lipinski definition) is 4. The average molecular weight is 533 g/mol. The number of nitrogens with one attached hydrogen (secondary N) is 2. The van der Waals surface area contributed by atoms with Crippen LogP contribution in [-0.2, 0) is 9.59 Å². The highest BCUT2D eigenvalue weighted by Gasteiger charge is 2.33. The molecule has 0 unspecified atom stereocenters. The predicted molar refractivity (Wildman–Crippen MR) is 154 cm³/mol. The Balaban J connectivity index is 0.962. The summed E-state index contributed by atoms with van der Waals surface area (Å²) in [7, 11) is 0. The molecule has 0 atom stereocenters. The smallest absolute Gasteiger partial charge is 0.232 e. The van der Waals surface area contributed by atoms with Gasteiger partial charge in [-0.1, -0.05) is 85.6 Å². The number of benzene rings is 4. The number of ether oxygens (including phenoxy) is 2. The highest BCUT2D eigenvalue weighted by molar-refractivity contribution is 5.90. The van der Waals surface area contributed by atoms with E-state index in [1.165, 1.54) is 0 Å². The van der Waals surface area contributed by atoms with E-state index in [1.807, 2.05) is 97.1 Å². The lowest BCUT2D eigenvalue weighted by Crippen LogP contribution is -2.32. The van der Waals surface area contributed by atoms with E-state index in [9.17, 15) is 9.59 Å². The predicted octanol–water partition coefficient (Wildman–Crippen LogP) is 6.65. The Morgan fingerprint density at radius 2 is 0.775 bits per heavy atom. The van der Waals surface area contributed by atoms with Crippen LogP contribution in [0.3, 0.4) is 0 Å². The van der Waals surface area contributed by atoms with Gasteiger partial charge in [0.25, 0.3) is 0 Å². The Hall–Kier alpha value is -4.58. The quantitative estimate of drug-likeness (QED) is 0.237. The van der Waals surface area contributed by atoms with Crippen molar-refractivity contribution in [1.82, 2.24) is 10.6 Å². The molecular formula is C34H32N2O4. The maximum atomic E-state index is 13.2. The molecule has 0 fully saturated rings. The molecule has 4 aromatic rings. The number of hydrogen-bond donors (Lipinski definition) is 2. The van der Waals surface area contributed by atoms with Crippen molar-refractivity contribution in [3.63, 3.8) is 0 Å². The van der Waals surface area contributed by atoms with Crippen LogP contribution in [-0.4, -0.2) is 24.9 Å². The zero-order valence-corrected chi connectivity index (χ0v) is 22.3. The summed E-state index contributed by atoms with van der Waals surface area (Å²) in [6.45, 7) is 1.23. The van der Waals surface area contributed by atoms with Gasteiger partial charge in [0, 0.05) is 35.3 Å². The van der Waals surface area contributed by atoms with Crippen molar-refractivity contribution in [3.8, 4) is 23.0 Å². The molecule has 2 aliphatic heterocycles. The molecule has 4 aromatic carbocycles. The minimum atomic E-state index is -0.378.